The number of nitrogens with one attached hydrogen (secondary N) is 2. The normalized spacial score (nSPS) is 15.1. The lowest BCUT2D eigenvalue weighted by molar-refractivity contribution is -0.141. The Labute approximate surface area is 126 Å². The zero-order chi connectivity index (χ0) is 16.0. The number of hydrogen-bond acceptors (Lipinski definition) is 3. The molecule has 2 N–H and O–H groups in total. The van der Waals surface area contributed by atoms with E-state index in [9.17, 15) is 18.0 Å². The zero-order valence-electron chi connectivity index (χ0n) is 11.9. The highest BCUT2D eigenvalue weighted by molar-refractivity contribution is 5.88. The summed E-state index contributed by atoms with van der Waals surface area (Å²) in [6.45, 7) is 0.478. The fourth-order valence-electron chi connectivity index (χ4n) is 2.18. The molecule has 0 bridgehead atoms. The van der Waals surface area contributed by atoms with Crippen molar-refractivity contribution >= 4 is 11.8 Å². The Bertz CT molecular complexity index is 540. The summed E-state index contributed by atoms with van der Waals surface area (Å²) in [6, 6.07) is 1.33. The molecule has 0 spiro atoms. The lowest BCUT2D eigenvalue weighted by Crippen LogP contribution is -2.30. The van der Waals surface area contributed by atoms with Crippen LogP contribution in [0.3, 0.4) is 0 Å². The van der Waals surface area contributed by atoms with Gasteiger partial charge in [0.05, 0.1) is 0 Å². The SMILES string of the molecule is O=C(NCCC1=CCCCC1)Nc1ccc(C(F)(F)F)nn1. The molecule has 120 valence electrons. The highest BCUT2D eigenvalue weighted by Gasteiger charge is 2.32. The highest BCUT2D eigenvalue weighted by atomic mass is 19.4. The summed E-state index contributed by atoms with van der Waals surface area (Å²) in [5.41, 5.74) is 0.239. The molecule has 0 unspecified atom stereocenters. The van der Waals surface area contributed by atoms with Crippen molar-refractivity contribution in [2.45, 2.75) is 38.3 Å². The molecule has 22 heavy (non-hydrogen) atoms. The van der Waals surface area contributed by atoms with E-state index in [1.807, 2.05) is 0 Å². The van der Waals surface area contributed by atoms with Gasteiger partial charge in [-0.2, -0.15) is 13.2 Å². The van der Waals surface area contributed by atoms with Crippen LogP contribution in [-0.2, 0) is 6.18 Å². The number of carbonyl (C=O) groups excluding carboxylic acids is 1. The van der Waals surface area contributed by atoms with Crippen LogP contribution in [0.4, 0.5) is 23.8 Å². The molecule has 0 aliphatic heterocycles. The van der Waals surface area contributed by atoms with E-state index in [0.29, 0.717) is 6.54 Å². The first-order chi connectivity index (χ1) is 10.4. The van der Waals surface area contributed by atoms with Crippen molar-refractivity contribution in [1.82, 2.24) is 15.5 Å². The van der Waals surface area contributed by atoms with Crippen molar-refractivity contribution in [3.05, 3.63) is 29.5 Å². The summed E-state index contributed by atoms with van der Waals surface area (Å²) in [5.74, 6) is -0.0256. The van der Waals surface area contributed by atoms with E-state index < -0.39 is 17.9 Å². The van der Waals surface area contributed by atoms with Gasteiger partial charge in [-0.05, 0) is 44.2 Å². The second kappa shape index (κ2) is 7.24. The number of aromatic nitrogens is 2. The predicted molar refractivity (Wildman–Crippen MR) is 75.2 cm³/mol. The first kappa shape index (κ1) is 16.3. The average molecular weight is 314 g/mol. The minimum absolute atomic E-state index is 0.0256. The number of hydrogen-bond donors (Lipinski definition) is 2. The number of nitrogens with zero attached hydrogens (tertiary/aromatic N) is 2. The van der Waals surface area contributed by atoms with Crippen molar-refractivity contribution in [1.29, 1.82) is 0 Å². The third kappa shape index (κ3) is 5.01. The molecular formula is C14H17F3N4O. The molecule has 1 aliphatic carbocycles. The van der Waals surface area contributed by atoms with Crippen molar-refractivity contribution in [2.75, 3.05) is 11.9 Å². The van der Waals surface area contributed by atoms with Gasteiger partial charge >= 0.3 is 12.2 Å². The van der Waals surface area contributed by atoms with Crippen LogP contribution in [0, 0.1) is 0 Å². The third-order valence-corrected chi connectivity index (χ3v) is 3.31. The number of allylic oxidation sites excluding steroid dienone is 1. The van der Waals surface area contributed by atoms with Gasteiger partial charge in [-0.3, -0.25) is 5.32 Å². The summed E-state index contributed by atoms with van der Waals surface area (Å²) >= 11 is 0. The fraction of sp³-hybridized carbons (Fsp3) is 0.500. The summed E-state index contributed by atoms with van der Waals surface area (Å²) in [5, 5.41) is 11.4. The van der Waals surface area contributed by atoms with Gasteiger partial charge in [-0.15, -0.1) is 10.2 Å². The van der Waals surface area contributed by atoms with Gasteiger partial charge in [-0.25, -0.2) is 4.79 Å². The molecule has 2 rings (SSSR count). The van der Waals surface area contributed by atoms with Gasteiger partial charge in [-0.1, -0.05) is 11.6 Å². The van der Waals surface area contributed by atoms with Crippen LogP contribution >= 0.6 is 0 Å². The smallest absolute Gasteiger partial charge is 0.338 e. The quantitative estimate of drug-likeness (QED) is 0.836. The lowest BCUT2D eigenvalue weighted by atomic mass is 9.97. The summed E-state index contributed by atoms with van der Waals surface area (Å²) in [6.07, 6.45) is 2.98. The van der Waals surface area contributed by atoms with E-state index in [4.69, 9.17) is 0 Å². The lowest BCUT2D eigenvalue weighted by Gasteiger charge is -2.13. The van der Waals surface area contributed by atoms with Crippen molar-refractivity contribution in [3.63, 3.8) is 0 Å². The maximum absolute atomic E-state index is 12.3. The number of urea groups is 1. The molecule has 1 aliphatic rings. The average Bonchev–Trinajstić information content (AvgIpc) is 2.48. The van der Waals surface area contributed by atoms with Gasteiger partial charge in [0.25, 0.3) is 0 Å². The first-order valence-electron chi connectivity index (χ1n) is 7.09. The third-order valence-electron chi connectivity index (χ3n) is 3.31. The molecule has 0 fully saturated rings. The molecule has 5 nitrogen and oxygen atoms in total. The van der Waals surface area contributed by atoms with Crippen LogP contribution in [0.25, 0.3) is 0 Å². The van der Waals surface area contributed by atoms with Crippen LogP contribution in [0.15, 0.2) is 23.8 Å². The maximum Gasteiger partial charge on any atom is 0.435 e. The first-order valence-corrected chi connectivity index (χ1v) is 7.09. The molecule has 8 heteroatoms. The molecule has 1 aromatic heterocycles. The molecule has 0 atom stereocenters. The van der Waals surface area contributed by atoms with Crippen molar-refractivity contribution < 1.29 is 18.0 Å². The maximum atomic E-state index is 12.3. The largest absolute Gasteiger partial charge is 0.435 e. The Balaban J connectivity index is 1.76. The molecular weight excluding hydrogens is 297 g/mol. The minimum Gasteiger partial charge on any atom is -0.338 e. The molecule has 0 saturated heterocycles. The molecule has 0 aromatic carbocycles. The Morgan fingerprint density at radius 2 is 2.05 bits per heavy atom. The van der Waals surface area contributed by atoms with E-state index in [1.54, 1.807) is 0 Å². The molecule has 0 radical (unpaired) electrons. The van der Waals surface area contributed by atoms with Crippen LogP contribution < -0.4 is 10.6 Å². The van der Waals surface area contributed by atoms with Crippen LogP contribution in [-0.4, -0.2) is 22.8 Å². The Morgan fingerprint density at radius 1 is 1.23 bits per heavy atom. The number of amides is 2. The second-order valence-electron chi connectivity index (χ2n) is 5.04. The van der Waals surface area contributed by atoms with Crippen LogP contribution in [0.2, 0.25) is 0 Å². The Kier molecular flexibility index (Phi) is 5.35. The second-order valence-corrected chi connectivity index (χ2v) is 5.04. The number of alkyl halides is 3. The number of carbonyl (C=O) groups is 1. The highest BCUT2D eigenvalue weighted by Crippen LogP contribution is 2.27. The van der Waals surface area contributed by atoms with E-state index in [2.05, 4.69) is 26.9 Å². The molecule has 1 heterocycles. The molecule has 1 aromatic rings. The van der Waals surface area contributed by atoms with E-state index in [0.717, 1.165) is 31.4 Å². The number of rotatable bonds is 4. The van der Waals surface area contributed by atoms with E-state index in [-0.39, 0.29) is 5.82 Å². The molecule has 2 amide bonds. The topological polar surface area (TPSA) is 66.9 Å². The number of anilines is 1. The van der Waals surface area contributed by atoms with E-state index >= 15 is 0 Å². The minimum atomic E-state index is -4.54. The summed E-state index contributed by atoms with van der Waals surface area (Å²) < 4.78 is 37.0. The van der Waals surface area contributed by atoms with Gasteiger partial charge in [0.15, 0.2) is 11.5 Å². The van der Waals surface area contributed by atoms with E-state index in [1.165, 1.54) is 18.4 Å². The van der Waals surface area contributed by atoms with Gasteiger partial charge in [0.1, 0.15) is 0 Å². The Morgan fingerprint density at radius 3 is 2.64 bits per heavy atom. The number of halogens is 3. The van der Waals surface area contributed by atoms with Crippen LogP contribution in [0.1, 0.15) is 37.8 Å². The molecule has 0 saturated carbocycles. The Hall–Kier alpha value is -2.12. The standard InChI is InChI=1S/C14H17F3N4O/c15-14(16,17)11-6-7-12(21-20-11)19-13(22)18-9-8-10-4-2-1-3-5-10/h4,6-7H,1-3,5,8-9H2,(H2,18,19,21,22). The van der Waals surface area contributed by atoms with Gasteiger partial charge in [0, 0.05) is 6.54 Å². The predicted octanol–water partition coefficient (Wildman–Crippen LogP) is 3.51. The van der Waals surface area contributed by atoms with Gasteiger partial charge in [0.2, 0.25) is 0 Å². The summed E-state index contributed by atoms with van der Waals surface area (Å²) in [4.78, 5) is 11.6. The van der Waals surface area contributed by atoms with Crippen molar-refractivity contribution in [3.8, 4) is 0 Å². The van der Waals surface area contributed by atoms with Crippen LogP contribution in [0.5, 0.6) is 0 Å². The van der Waals surface area contributed by atoms with Crippen molar-refractivity contribution in [2.24, 2.45) is 0 Å². The zero-order valence-corrected chi connectivity index (χ0v) is 11.9. The fourth-order valence-corrected chi connectivity index (χ4v) is 2.18. The monoisotopic (exact) mass is 314 g/mol. The summed E-state index contributed by atoms with van der Waals surface area (Å²) in [7, 11) is 0. The van der Waals surface area contributed by atoms with Gasteiger partial charge < -0.3 is 5.32 Å².